The van der Waals surface area contributed by atoms with E-state index in [-0.39, 0.29) is 18.3 Å². The van der Waals surface area contributed by atoms with Crippen LogP contribution in [0.1, 0.15) is 24.2 Å². The predicted octanol–water partition coefficient (Wildman–Crippen LogP) is 4.10. The molecule has 0 aliphatic carbocycles. The Morgan fingerprint density at radius 1 is 0.964 bits per heavy atom. The van der Waals surface area contributed by atoms with Gasteiger partial charge in [0.15, 0.2) is 0 Å². The molecule has 2 rings (SSSR count). The topological polar surface area (TPSA) is 60.0 Å². The molecular formula is C21H29ClN2O4. The highest BCUT2D eigenvalue weighted by atomic mass is 35.5. The third-order valence-corrected chi connectivity index (χ3v) is 4.34. The number of ether oxygens (including phenoxy) is 3. The Bertz CT molecular complexity index is 711. The zero-order chi connectivity index (χ0) is 19.6. The number of hydrogen-bond acceptors (Lipinski definition) is 5. The van der Waals surface area contributed by atoms with Crippen molar-refractivity contribution in [2.45, 2.75) is 13.8 Å². The first kappa shape index (κ1) is 23.6. The number of hydrogen-bond donors (Lipinski definition) is 1. The van der Waals surface area contributed by atoms with Gasteiger partial charge in [0.25, 0.3) is 5.91 Å². The first-order chi connectivity index (χ1) is 13.1. The lowest BCUT2D eigenvalue weighted by molar-refractivity contribution is 0.102. The van der Waals surface area contributed by atoms with Crippen LogP contribution < -0.4 is 19.5 Å². The molecular weight excluding hydrogens is 380 g/mol. The van der Waals surface area contributed by atoms with Crippen LogP contribution >= 0.6 is 12.4 Å². The van der Waals surface area contributed by atoms with Crippen LogP contribution in [0.25, 0.3) is 0 Å². The maximum absolute atomic E-state index is 12.7. The minimum Gasteiger partial charge on any atom is -0.496 e. The quantitative estimate of drug-likeness (QED) is 0.641. The predicted molar refractivity (Wildman–Crippen MR) is 114 cm³/mol. The molecule has 0 saturated carbocycles. The van der Waals surface area contributed by atoms with Crippen LogP contribution in [0.15, 0.2) is 42.5 Å². The van der Waals surface area contributed by atoms with Crippen LogP contribution in [0.3, 0.4) is 0 Å². The van der Waals surface area contributed by atoms with Gasteiger partial charge in [-0.3, -0.25) is 4.79 Å². The van der Waals surface area contributed by atoms with Gasteiger partial charge in [0.1, 0.15) is 29.4 Å². The third kappa shape index (κ3) is 6.32. The SMILES string of the molecule is CCN(CC)CCOc1ccc(NC(=O)c2c(OC)cccc2OC)cc1.Cl. The van der Waals surface area contributed by atoms with E-state index in [1.165, 1.54) is 14.2 Å². The molecule has 154 valence electrons. The summed E-state index contributed by atoms with van der Waals surface area (Å²) in [7, 11) is 3.05. The standard InChI is InChI=1S/C21H28N2O4.ClH/c1-5-23(6-2)14-15-27-17-12-10-16(11-13-17)22-21(24)20-18(25-3)8-7-9-19(20)26-4;/h7-13H,5-6,14-15H2,1-4H3,(H,22,24);1H. The molecule has 0 fully saturated rings. The van der Waals surface area contributed by atoms with Crippen LogP contribution in [0.5, 0.6) is 17.2 Å². The smallest absolute Gasteiger partial charge is 0.263 e. The van der Waals surface area contributed by atoms with Crippen molar-refractivity contribution in [3.05, 3.63) is 48.0 Å². The molecule has 0 bridgehead atoms. The summed E-state index contributed by atoms with van der Waals surface area (Å²) in [6.07, 6.45) is 0. The third-order valence-electron chi connectivity index (χ3n) is 4.34. The van der Waals surface area contributed by atoms with Crippen molar-refractivity contribution < 1.29 is 19.0 Å². The fourth-order valence-electron chi connectivity index (χ4n) is 2.74. The summed E-state index contributed by atoms with van der Waals surface area (Å²) >= 11 is 0. The van der Waals surface area contributed by atoms with E-state index in [0.717, 1.165) is 25.4 Å². The monoisotopic (exact) mass is 408 g/mol. The van der Waals surface area contributed by atoms with E-state index in [0.29, 0.717) is 29.4 Å². The molecule has 0 spiro atoms. The molecule has 0 unspecified atom stereocenters. The summed E-state index contributed by atoms with van der Waals surface area (Å²) < 4.78 is 16.3. The van der Waals surface area contributed by atoms with Crippen LogP contribution in [0.4, 0.5) is 5.69 Å². The zero-order valence-corrected chi connectivity index (χ0v) is 17.7. The molecule has 2 aromatic carbocycles. The van der Waals surface area contributed by atoms with E-state index in [1.54, 1.807) is 18.2 Å². The summed E-state index contributed by atoms with van der Waals surface area (Å²) in [6.45, 7) is 7.81. The molecule has 0 atom stereocenters. The van der Waals surface area contributed by atoms with Crippen LogP contribution in [-0.2, 0) is 0 Å². The Labute approximate surface area is 173 Å². The molecule has 7 heteroatoms. The maximum atomic E-state index is 12.7. The van der Waals surface area contributed by atoms with E-state index in [9.17, 15) is 4.79 Å². The minimum atomic E-state index is -0.292. The number of carbonyl (C=O) groups excluding carboxylic acids is 1. The minimum absolute atomic E-state index is 0. The second-order valence-electron chi connectivity index (χ2n) is 5.89. The lowest BCUT2D eigenvalue weighted by Gasteiger charge is -2.18. The fraction of sp³-hybridized carbons (Fsp3) is 0.381. The van der Waals surface area contributed by atoms with Gasteiger partial charge in [-0.25, -0.2) is 0 Å². The molecule has 0 aliphatic rings. The van der Waals surface area contributed by atoms with E-state index in [1.807, 2.05) is 24.3 Å². The van der Waals surface area contributed by atoms with Crippen molar-refractivity contribution in [3.8, 4) is 17.2 Å². The van der Waals surface area contributed by atoms with Crippen LogP contribution in [-0.4, -0.2) is 51.3 Å². The maximum Gasteiger partial charge on any atom is 0.263 e. The molecule has 0 heterocycles. The highest BCUT2D eigenvalue weighted by Gasteiger charge is 2.18. The summed E-state index contributed by atoms with van der Waals surface area (Å²) in [5, 5.41) is 2.86. The number of amides is 1. The van der Waals surface area contributed by atoms with Gasteiger partial charge in [-0.2, -0.15) is 0 Å². The highest BCUT2D eigenvalue weighted by Crippen LogP contribution is 2.29. The van der Waals surface area contributed by atoms with Crippen LogP contribution in [0, 0.1) is 0 Å². The molecule has 2 aromatic rings. The van der Waals surface area contributed by atoms with Gasteiger partial charge < -0.3 is 24.4 Å². The Morgan fingerprint density at radius 3 is 2.04 bits per heavy atom. The van der Waals surface area contributed by atoms with Crippen molar-refractivity contribution in [2.75, 3.05) is 45.8 Å². The molecule has 1 amide bonds. The molecule has 0 saturated heterocycles. The number of benzene rings is 2. The molecule has 0 aliphatic heterocycles. The first-order valence-electron chi connectivity index (χ1n) is 9.10. The number of likely N-dealkylation sites (N-methyl/N-ethyl adjacent to an activating group) is 1. The second kappa shape index (κ2) is 12.1. The Balaban J connectivity index is 0.00000392. The van der Waals surface area contributed by atoms with E-state index >= 15 is 0 Å². The van der Waals surface area contributed by atoms with Gasteiger partial charge in [-0.05, 0) is 49.5 Å². The van der Waals surface area contributed by atoms with Gasteiger partial charge in [-0.15, -0.1) is 12.4 Å². The van der Waals surface area contributed by atoms with Gasteiger partial charge in [0, 0.05) is 12.2 Å². The largest absolute Gasteiger partial charge is 0.496 e. The molecule has 1 N–H and O–H groups in total. The Hall–Kier alpha value is -2.44. The fourth-order valence-corrected chi connectivity index (χ4v) is 2.74. The Morgan fingerprint density at radius 2 is 1.54 bits per heavy atom. The van der Waals surface area contributed by atoms with Crippen molar-refractivity contribution in [1.29, 1.82) is 0 Å². The van der Waals surface area contributed by atoms with Crippen molar-refractivity contribution >= 4 is 24.0 Å². The molecule has 0 aromatic heterocycles. The average Bonchev–Trinajstić information content (AvgIpc) is 2.71. The number of nitrogens with zero attached hydrogens (tertiary/aromatic N) is 1. The van der Waals surface area contributed by atoms with Crippen LogP contribution in [0.2, 0.25) is 0 Å². The number of rotatable bonds is 10. The number of nitrogens with one attached hydrogen (secondary N) is 1. The summed E-state index contributed by atoms with van der Waals surface area (Å²) in [5.41, 5.74) is 1.03. The molecule has 6 nitrogen and oxygen atoms in total. The number of carbonyl (C=O) groups is 1. The summed E-state index contributed by atoms with van der Waals surface area (Å²) in [5.74, 6) is 1.40. The number of methoxy groups -OCH3 is 2. The lowest BCUT2D eigenvalue weighted by Crippen LogP contribution is -2.27. The average molecular weight is 409 g/mol. The van der Waals surface area contributed by atoms with E-state index < -0.39 is 0 Å². The zero-order valence-electron chi connectivity index (χ0n) is 16.9. The summed E-state index contributed by atoms with van der Waals surface area (Å²) in [4.78, 5) is 15.0. The number of halogens is 1. The normalized spacial score (nSPS) is 10.2. The van der Waals surface area contributed by atoms with Gasteiger partial charge in [0.05, 0.1) is 14.2 Å². The van der Waals surface area contributed by atoms with Crippen molar-refractivity contribution in [3.63, 3.8) is 0 Å². The van der Waals surface area contributed by atoms with Gasteiger partial charge >= 0.3 is 0 Å². The summed E-state index contributed by atoms with van der Waals surface area (Å²) in [6, 6.07) is 12.5. The Kier molecular flexibility index (Phi) is 10.2. The van der Waals surface area contributed by atoms with E-state index in [4.69, 9.17) is 14.2 Å². The van der Waals surface area contributed by atoms with E-state index in [2.05, 4.69) is 24.1 Å². The van der Waals surface area contributed by atoms with Gasteiger partial charge in [0.2, 0.25) is 0 Å². The molecule has 0 radical (unpaired) electrons. The van der Waals surface area contributed by atoms with Crippen molar-refractivity contribution in [2.24, 2.45) is 0 Å². The number of anilines is 1. The first-order valence-corrected chi connectivity index (χ1v) is 9.10. The van der Waals surface area contributed by atoms with Gasteiger partial charge in [-0.1, -0.05) is 19.9 Å². The molecule has 28 heavy (non-hydrogen) atoms. The van der Waals surface area contributed by atoms with Crippen molar-refractivity contribution in [1.82, 2.24) is 4.90 Å². The highest BCUT2D eigenvalue weighted by molar-refractivity contribution is 6.08. The lowest BCUT2D eigenvalue weighted by atomic mass is 10.1. The second-order valence-corrected chi connectivity index (χ2v) is 5.89.